The molecule has 0 amide bonds. The minimum atomic E-state index is -2.88. The molecule has 1 rings (SSSR count). The molecule has 21 heavy (non-hydrogen) atoms. The Kier molecular flexibility index (Phi) is 9.20. The Hall–Kier alpha value is -0.393. The first-order valence-corrected chi connectivity index (χ1v) is 10.1. The Balaban J connectivity index is 3.16. The van der Waals surface area contributed by atoms with Crippen molar-refractivity contribution in [2.24, 2.45) is 0 Å². The third kappa shape index (κ3) is 5.38. The van der Waals surface area contributed by atoms with E-state index in [0.717, 1.165) is 30.0 Å². The highest BCUT2D eigenvalue weighted by molar-refractivity contribution is 6.76. The van der Waals surface area contributed by atoms with Gasteiger partial charge in [-0.1, -0.05) is 45.0 Å². The number of rotatable bonds is 11. The van der Waals surface area contributed by atoms with Crippen molar-refractivity contribution in [2.75, 3.05) is 19.8 Å². The molecule has 0 saturated carbocycles. The molecule has 0 heterocycles. The maximum absolute atomic E-state index is 6.15. The van der Waals surface area contributed by atoms with Crippen LogP contribution in [0.15, 0.2) is 24.3 Å². The van der Waals surface area contributed by atoms with Gasteiger partial charge in [0.1, 0.15) is 0 Å². The Bertz CT molecular complexity index is 379. The summed E-state index contributed by atoms with van der Waals surface area (Å²) in [5, 5.41) is 1.01. The van der Waals surface area contributed by atoms with Gasteiger partial charge in [0.25, 0.3) is 0 Å². The summed E-state index contributed by atoms with van der Waals surface area (Å²) in [5.74, 6) is 0.436. The molecule has 0 bridgehead atoms. The van der Waals surface area contributed by atoms with Crippen LogP contribution in [-0.2, 0) is 19.2 Å². The largest absolute Gasteiger partial charge is 0.537 e. The normalized spacial score (nSPS) is 11.8. The van der Waals surface area contributed by atoms with E-state index in [0.29, 0.717) is 25.7 Å². The molecule has 1 aromatic carbocycles. The van der Waals surface area contributed by atoms with E-state index in [4.69, 9.17) is 24.9 Å². The quantitative estimate of drug-likeness (QED) is 0.455. The Labute approximate surface area is 134 Å². The van der Waals surface area contributed by atoms with Gasteiger partial charge in [-0.15, -0.1) is 11.6 Å². The molecule has 0 spiro atoms. The van der Waals surface area contributed by atoms with Crippen molar-refractivity contribution < 1.29 is 13.3 Å². The van der Waals surface area contributed by atoms with Crippen LogP contribution in [0.5, 0.6) is 0 Å². The first kappa shape index (κ1) is 18.7. The van der Waals surface area contributed by atoms with Gasteiger partial charge in [0.05, 0.1) is 0 Å². The Morgan fingerprint density at radius 1 is 0.857 bits per heavy atom. The highest BCUT2D eigenvalue weighted by Crippen LogP contribution is 2.16. The fourth-order valence-corrected chi connectivity index (χ4v) is 5.35. The Morgan fingerprint density at radius 3 is 1.76 bits per heavy atom. The lowest BCUT2D eigenvalue weighted by molar-refractivity contribution is 0.0730. The molecule has 0 aliphatic carbocycles. The van der Waals surface area contributed by atoms with Crippen LogP contribution in [0.4, 0.5) is 0 Å². The van der Waals surface area contributed by atoms with E-state index in [1.54, 1.807) is 0 Å². The summed E-state index contributed by atoms with van der Waals surface area (Å²) in [4.78, 5) is 0. The molecule has 120 valence electrons. The van der Waals surface area contributed by atoms with Crippen LogP contribution in [0, 0.1) is 0 Å². The summed E-state index contributed by atoms with van der Waals surface area (Å²) in [6, 6.07) is 8.03. The molecule has 3 nitrogen and oxygen atoms in total. The van der Waals surface area contributed by atoms with Gasteiger partial charge >= 0.3 is 8.80 Å². The van der Waals surface area contributed by atoms with Crippen LogP contribution in [0.3, 0.4) is 0 Å². The minimum Gasteiger partial charge on any atom is -0.370 e. The monoisotopic (exact) mass is 330 g/mol. The molecule has 0 N–H and O–H groups in total. The molecule has 0 atom stereocenters. The molecule has 5 heteroatoms. The standard InChI is InChI=1S/C16H27ClO3Si/c1-4-11-18-21(19-12-5-2,20-13-6-3)16-10-8-7-9-15(16)14-17/h7-10H,4-6,11-14H2,1-3H3. The van der Waals surface area contributed by atoms with Crippen LogP contribution in [-0.4, -0.2) is 28.6 Å². The molecule has 0 aliphatic heterocycles. The lowest BCUT2D eigenvalue weighted by Gasteiger charge is -2.31. The summed E-state index contributed by atoms with van der Waals surface area (Å²) in [6.45, 7) is 8.17. The summed E-state index contributed by atoms with van der Waals surface area (Å²) in [7, 11) is -2.88. The highest BCUT2D eigenvalue weighted by Gasteiger charge is 2.45. The van der Waals surface area contributed by atoms with Crippen molar-refractivity contribution in [3.8, 4) is 0 Å². The number of alkyl halides is 1. The fraction of sp³-hybridized carbons (Fsp3) is 0.625. The van der Waals surface area contributed by atoms with E-state index >= 15 is 0 Å². The number of benzene rings is 1. The molecule has 0 aliphatic rings. The van der Waals surface area contributed by atoms with E-state index in [2.05, 4.69) is 20.8 Å². The van der Waals surface area contributed by atoms with E-state index < -0.39 is 8.80 Å². The molecular weight excluding hydrogens is 304 g/mol. The van der Waals surface area contributed by atoms with Gasteiger partial charge in [0.2, 0.25) is 0 Å². The summed E-state index contributed by atoms with van der Waals surface area (Å²) in [6.07, 6.45) is 2.80. The summed E-state index contributed by atoms with van der Waals surface area (Å²) >= 11 is 6.10. The van der Waals surface area contributed by atoms with Crippen LogP contribution in [0.1, 0.15) is 45.6 Å². The lowest BCUT2D eigenvalue weighted by Crippen LogP contribution is -2.58. The van der Waals surface area contributed by atoms with Gasteiger partial charge in [-0.2, -0.15) is 0 Å². The van der Waals surface area contributed by atoms with Crippen molar-refractivity contribution in [3.63, 3.8) is 0 Å². The smallest absolute Gasteiger partial charge is 0.370 e. The van der Waals surface area contributed by atoms with Crippen molar-refractivity contribution in [3.05, 3.63) is 29.8 Å². The van der Waals surface area contributed by atoms with E-state index in [1.165, 1.54) is 0 Å². The number of hydrogen-bond donors (Lipinski definition) is 0. The van der Waals surface area contributed by atoms with Crippen LogP contribution >= 0.6 is 11.6 Å². The second-order valence-corrected chi connectivity index (χ2v) is 7.68. The van der Waals surface area contributed by atoms with Gasteiger partial charge in [0, 0.05) is 30.9 Å². The van der Waals surface area contributed by atoms with Crippen LogP contribution < -0.4 is 5.19 Å². The first-order chi connectivity index (χ1) is 10.2. The zero-order chi connectivity index (χ0) is 15.6. The molecule has 0 unspecified atom stereocenters. The lowest BCUT2D eigenvalue weighted by atomic mass is 10.2. The highest BCUT2D eigenvalue weighted by atomic mass is 35.5. The van der Waals surface area contributed by atoms with E-state index in [9.17, 15) is 0 Å². The predicted molar refractivity (Wildman–Crippen MR) is 90.1 cm³/mol. The molecule has 0 radical (unpaired) electrons. The van der Waals surface area contributed by atoms with E-state index in [1.807, 2.05) is 24.3 Å². The number of halogens is 1. The second kappa shape index (κ2) is 10.4. The average molecular weight is 331 g/mol. The van der Waals surface area contributed by atoms with Crippen LogP contribution in [0.2, 0.25) is 0 Å². The van der Waals surface area contributed by atoms with Crippen molar-refractivity contribution in [2.45, 2.75) is 45.9 Å². The predicted octanol–water partition coefficient (Wildman–Crippen LogP) is 3.85. The molecule has 1 aromatic rings. The van der Waals surface area contributed by atoms with Gasteiger partial charge in [-0.25, -0.2) is 0 Å². The minimum absolute atomic E-state index is 0.436. The van der Waals surface area contributed by atoms with Crippen molar-refractivity contribution >= 4 is 25.6 Å². The maximum atomic E-state index is 6.15. The summed E-state index contributed by atoms with van der Waals surface area (Å²) < 4.78 is 18.4. The van der Waals surface area contributed by atoms with Gasteiger partial charge < -0.3 is 13.3 Å². The SMILES string of the molecule is CCCO[Si](OCCC)(OCCC)c1ccccc1CCl. The molecule has 0 fully saturated rings. The second-order valence-electron chi connectivity index (χ2n) is 4.89. The van der Waals surface area contributed by atoms with Gasteiger partial charge in [-0.05, 0) is 24.8 Å². The first-order valence-electron chi connectivity index (χ1n) is 7.80. The third-order valence-electron chi connectivity index (χ3n) is 2.98. The molecule has 0 aromatic heterocycles. The molecule has 0 saturated heterocycles. The topological polar surface area (TPSA) is 27.7 Å². The number of hydrogen-bond acceptors (Lipinski definition) is 3. The van der Waals surface area contributed by atoms with Gasteiger partial charge in [-0.3, -0.25) is 0 Å². The third-order valence-corrected chi connectivity index (χ3v) is 6.17. The maximum Gasteiger partial charge on any atom is 0.537 e. The average Bonchev–Trinajstić information content (AvgIpc) is 2.54. The van der Waals surface area contributed by atoms with Crippen LogP contribution in [0.25, 0.3) is 0 Å². The zero-order valence-electron chi connectivity index (χ0n) is 13.4. The van der Waals surface area contributed by atoms with Gasteiger partial charge in [0.15, 0.2) is 0 Å². The zero-order valence-corrected chi connectivity index (χ0v) is 15.1. The fourth-order valence-electron chi connectivity index (χ4n) is 2.00. The van der Waals surface area contributed by atoms with Crippen molar-refractivity contribution in [1.29, 1.82) is 0 Å². The Morgan fingerprint density at radius 2 is 1.33 bits per heavy atom. The van der Waals surface area contributed by atoms with E-state index in [-0.39, 0.29) is 0 Å². The summed E-state index contributed by atoms with van der Waals surface area (Å²) in [5.41, 5.74) is 1.04. The molecular formula is C16H27ClO3Si. The van der Waals surface area contributed by atoms with Crippen molar-refractivity contribution in [1.82, 2.24) is 0 Å².